The van der Waals surface area contributed by atoms with Crippen molar-refractivity contribution in [3.63, 3.8) is 0 Å². The van der Waals surface area contributed by atoms with E-state index in [1.807, 2.05) is 26.0 Å². The maximum atomic E-state index is 15.6. The van der Waals surface area contributed by atoms with Crippen LogP contribution in [-0.2, 0) is 22.7 Å². The van der Waals surface area contributed by atoms with Gasteiger partial charge in [-0.2, -0.15) is 0 Å². The molecule has 0 fully saturated rings. The van der Waals surface area contributed by atoms with E-state index in [0.717, 1.165) is 22.3 Å². The van der Waals surface area contributed by atoms with Gasteiger partial charge >= 0.3 is 11.9 Å². The molecule has 52 heavy (non-hydrogen) atoms. The Balaban J connectivity index is 1.59. The Morgan fingerprint density at radius 3 is 1.44 bits per heavy atom. The number of carboxylic acid groups (broad SMARTS) is 2. The number of ether oxygens (including phenoxy) is 2. The molecule has 0 bridgehead atoms. The van der Waals surface area contributed by atoms with Gasteiger partial charge in [-0.25, -0.2) is 8.78 Å². The van der Waals surface area contributed by atoms with Crippen LogP contribution in [0.25, 0.3) is 34.9 Å². The van der Waals surface area contributed by atoms with E-state index in [4.69, 9.17) is 19.7 Å². The predicted molar refractivity (Wildman–Crippen MR) is 192 cm³/mol. The summed E-state index contributed by atoms with van der Waals surface area (Å²) in [6, 6.07) is 11.3. The maximum Gasteiger partial charge on any atom is 0.323 e. The van der Waals surface area contributed by atoms with Crippen LogP contribution in [0.3, 0.4) is 0 Å². The second kappa shape index (κ2) is 18.1. The highest BCUT2D eigenvalue weighted by molar-refractivity contribution is 5.84. The molecule has 2 heterocycles. The Morgan fingerprint density at radius 1 is 0.731 bits per heavy atom. The summed E-state index contributed by atoms with van der Waals surface area (Å²) in [6.07, 6.45) is 5.46. The summed E-state index contributed by atoms with van der Waals surface area (Å²) in [5.41, 5.74) is 5.27. The molecule has 6 N–H and O–H groups in total. The van der Waals surface area contributed by atoms with Crippen LogP contribution in [0.4, 0.5) is 8.78 Å². The van der Waals surface area contributed by atoms with Gasteiger partial charge in [0.1, 0.15) is 46.6 Å². The molecular formula is C38H40F2N4O8. The van der Waals surface area contributed by atoms with Crippen LogP contribution in [0, 0.1) is 13.8 Å². The standard InChI is InChI=1S/C38H40F2N4O8/c1-21-23(11-29(39)31-13-35(51-3)25(15-41-31)17-43-33(19-45)37(47)48)7-5-9-27(21)28-10-6-8-24(22(28)2)12-30(40)32-14-36(52-4)26(16-42-32)18-44-34(20-46)38(49)50/h5-16,33-34,43-46H,17-20H2,1-4H3,(H,47,48)(H,49,50)/b29-11-,30-12-/t33-,34-/m1/s1. The fourth-order valence-electron chi connectivity index (χ4n) is 5.39. The van der Waals surface area contributed by atoms with Crippen LogP contribution >= 0.6 is 0 Å². The van der Waals surface area contributed by atoms with E-state index in [0.29, 0.717) is 22.3 Å². The lowest BCUT2D eigenvalue weighted by Crippen LogP contribution is -2.39. The molecular weight excluding hydrogens is 678 g/mol. The number of rotatable bonds is 17. The fraction of sp³-hybridized carbons (Fsp3) is 0.263. The highest BCUT2D eigenvalue weighted by Crippen LogP contribution is 2.34. The Bertz CT molecular complexity index is 1840. The number of benzene rings is 2. The molecule has 0 radical (unpaired) electrons. The molecule has 0 amide bonds. The van der Waals surface area contributed by atoms with Crippen LogP contribution in [0.2, 0.25) is 0 Å². The topological polar surface area (TPSA) is 183 Å². The van der Waals surface area contributed by atoms with Crippen molar-refractivity contribution in [2.75, 3.05) is 27.4 Å². The average Bonchev–Trinajstić information content (AvgIpc) is 3.13. The lowest BCUT2D eigenvalue weighted by Gasteiger charge is -2.15. The molecule has 4 aromatic rings. The molecule has 12 nitrogen and oxygen atoms in total. The van der Waals surface area contributed by atoms with Gasteiger partial charge in [-0.05, 0) is 59.4 Å². The molecule has 0 saturated carbocycles. The van der Waals surface area contributed by atoms with Crippen molar-refractivity contribution in [2.24, 2.45) is 0 Å². The molecule has 2 atom stereocenters. The molecule has 0 unspecified atom stereocenters. The highest BCUT2D eigenvalue weighted by atomic mass is 19.1. The van der Waals surface area contributed by atoms with Crippen molar-refractivity contribution in [1.29, 1.82) is 0 Å². The van der Waals surface area contributed by atoms with E-state index >= 15 is 8.78 Å². The van der Waals surface area contributed by atoms with E-state index in [-0.39, 0.29) is 36.0 Å². The number of methoxy groups -OCH3 is 2. The first-order valence-corrected chi connectivity index (χ1v) is 16.1. The summed E-state index contributed by atoms with van der Waals surface area (Å²) in [4.78, 5) is 30.8. The van der Waals surface area contributed by atoms with Crippen LogP contribution < -0.4 is 20.1 Å². The lowest BCUT2D eigenvalue weighted by molar-refractivity contribution is -0.141. The van der Waals surface area contributed by atoms with Crippen molar-refractivity contribution in [2.45, 2.75) is 39.0 Å². The molecule has 0 spiro atoms. The third-order valence-corrected chi connectivity index (χ3v) is 8.46. The summed E-state index contributed by atoms with van der Waals surface area (Å²) in [7, 11) is 2.80. The number of hydrogen-bond donors (Lipinski definition) is 6. The van der Waals surface area contributed by atoms with E-state index < -0.39 is 48.9 Å². The Labute approximate surface area is 299 Å². The molecule has 274 valence electrons. The molecule has 0 aliphatic rings. The Morgan fingerprint density at radius 2 is 1.12 bits per heavy atom. The predicted octanol–water partition coefficient (Wildman–Crippen LogP) is 4.78. The summed E-state index contributed by atoms with van der Waals surface area (Å²) in [5.74, 6) is -3.12. The average molecular weight is 719 g/mol. The van der Waals surface area contributed by atoms with Gasteiger partial charge in [0.2, 0.25) is 0 Å². The third-order valence-electron chi connectivity index (χ3n) is 8.46. The number of aliphatic hydroxyl groups is 2. The molecule has 14 heteroatoms. The van der Waals surface area contributed by atoms with Gasteiger partial charge in [0.15, 0.2) is 0 Å². The van der Waals surface area contributed by atoms with Gasteiger partial charge < -0.3 is 29.9 Å². The second-order valence-electron chi connectivity index (χ2n) is 11.7. The number of hydrogen-bond acceptors (Lipinski definition) is 10. The summed E-state index contributed by atoms with van der Waals surface area (Å²) in [5, 5.41) is 42.2. The van der Waals surface area contributed by atoms with Crippen LogP contribution in [0.5, 0.6) is 11.5 Å². The molecule has 2 aromatic heterocycles. The molecule has 0 aliphatic heterocycles. The summed E-state index contributed by atoms with van der Waals surface area (Å²) < 4.78 is 42.0. The number of aromatic nitrogens is 2. The number of carbonyl (C=O) groups is 2. The van der Waals surface area contributed by atoms with Gasteiger partial charge in [-0.3, -0.25) is 30.2 Å². The first-order valence-electron chi connectivity index (χ1n) is 16.1. The third kappa shape index (κ3) is 9.41. The zero-order valence-corrected chi connectivity index (χ0v) is 29.0. The first-order chi connectivity index (χ1) is 24.9. The summed E-state index contributed by atoms with van der Waals surface area (Å²) >= 11 is 0. The molecule has 0 saturated heterocycles. The van der Waals surface area contributed by atoms with E-state index in [1.54, 1.807) is 24.3 Å². The van der Waals surface area contributed by atoms with Crippen LogP contribution in [-0.4, -0.2) is 81.8 Å². The largest absolute Gasteiger partial charge is 0.496 e. The minimum atomic E-state index is -1.21. The van der Waals surface area contributed by atoms with Crippen molar-refractivity contribution in [3.05, 3.63) is 106 Å². The summed E-state index contributed by atoms with van der Waals surface area (Å²) in [6.45, 7) is 2.54. The first kappa shape index (κ1) is 39.2. The Hall–Kier alpha value is -5.54. The zero-order chi connectivity index (χ0) is 37.9. The van der Waals surface area contributed by atoms with Crippen LogP contribution in [0.15, 0.2) is 60.9 Å². The van der Waals surface area contributed by atoms with Crippen molar-refractivity contribution >= 4 is 35.7 Å². The minimum Gasteiger partial charge on any atom is -0.496 e. The minimum absolute atomic E-state index is 0.00490. The normalized spacial score (nSPS) is 13.1. The molecule has 2 aromatic carbocycles. The SMILES string of the molecule is COc1cc(/C(F)=C/c2cccc(-c3cccc(/C=C(\F)c4cc(OC)c(CN[C@H](CO)C(=O)O)cn4)c3C)c2C)ncc1CN[C@H](CO)C(=O)O. The van der Waals surface area contributed by atoms with Gasteiger partial charge in [0, 0.05) is 48.7 Å². The quantitative estimate of drug-likeness (QED) is 0.0880. The van der Waals surface area contributed by atoms with Gasteiger partial charge in [-0.15, -0.1) is 0 Å². The zero-order valence-electron chi connectivity index (χ0n) is 29.0. The second-order valence-corrected chi connectivity index (χ2v) is 11.7. The van der Waals surface area contributed by atoms with Crippen molar-refractivity contribution in [3.8, 4) is 22.6 Å². The number of aliphatic carboxylic acids is 2. The smallest absolute Gasteiger partial charge is 0.323 e. The van der Waals surface area contributed by atoms with Gasteiger partial charge in [0.05, 0.1) is 27.4 Å². The number of pyridine rings is 2. The number of nitrogens with one attached hydrogen (secondary N) is 2. The lowest BCUT2D eigenvalue weighted by atomic mass is 9.91. The van der Waals surface area contributed by atoms with E-state index in [1.165, 1.54) is 50.9 Å². The fourth-order valence-corrected chi connectivity index (χ4v) is 5.39. The highest BCUT2D eigenvalue weighted by Gasteiger charge is 2.19. The van der Waals surface area contributed by atoms with Gasteiger partial charge in [0.25, 0.3) is 0 Å². The van der Waals surface area contributed by atoms with Crippen molar-refractivity contribution in [1.82, 2.24) is 20.6 Å². The Kier molecular flexibility index (Phi) is 13.7. The van der Waals surface area contributed by atoms with E-state index in [2.05, 4.69) is 20.6 Å². The number of halogens is 2. The monoisotopic (exact) mass is 718 g/mol. The number of aliphatic hydroxyl groups excluding tert-OH is 2. The van der Waals surface area contributed by atoms with Crippen LogP contribution in [0.1, 0.15) is 44.8 Å². The van der Waals surface area contributed by atoms with E-state index in [9.17, 15) is 19.8 Å². The molecule has 4 rings (SSSR count). The van der Waals surface area contributed by atoms with Crippen molar-refractivity contribution < 1.29 is 48.3 Å². The maximum absolute atomic E-state index is 15.6. The van der Waals surface area contributed by atoms with Gasteiger partial charge in [-0.1, -0.05) is 36.4 Å². The molecule has 0 aliphatic carbocycles. The number of nitrogens with zero attached hydrogens (tertiary/aromatic N) is 2. The number of carboxylic acids is 2.